The second-order valence-corrected chi connectivity index (χ2v) is 15.2. The van der Waals surface area contributed by atoms with Crippen molar-refractivity contribution in [1.29, 1.82) is 0 Å². The topological polar surface area (TPSA) is 70.5 Å². The number of hydrogen-bond donors (Lipinski definition) is 2. The number of hydrogen-bond acceptors (Lipinski definition) is 4. The molecule has 4 aromatic carbocycles. The zero-order valence-electron chi connectivity index (χ0n) is 29.9. The maximum absolute atomic E-state index is 6.17. The van der Waals surface area contributed by atoms with Crippen molar-refractivity contribution in [3.05, 3.63) is 108 Å². The van der Waals surface area contributed by atoms with E-state index in [4.69, 9.17) is 20.9 Å². The van der Waals surface area contributed by atoms with Crippen LogP contribution in [0.25, 0.3) is 0 Å². The largest absolute Gasteiger partial charge is 0.457 e. The number of benzene rings is 4. The van der Waals surface area contributed by atoms with Crippen LogP contribution in [0.15, 0.2) is 97.1 Å². The van der Waals surface area contributed by atoms with E-state index in [0.29, 0.717) is 0 Å². The van der Waals surface area contributed by atoms with Crippen molar-refractivity contribution in [2.75, 3.05) is 11.5 Å². The van der Waals surface area contributed by atoms with E-state index in [0.717, 1.165) is 70.9 Å². The maximum atomic E-state index is 6.17. The third-order valence-electron chi connectivity index (χ3n) is 12.0. The predicted octanol–water partition coefficient (Wildman–Crippen LogP) is 12.7. The Morgan fingerprint density at radius 2 is 0.959 bits per heavy atom. The maximum Gasteiger partial charge on any atom is 0.127 e. The molecule has 2 fully saturated rings. The Balaban J connectivity index is 1.13. The minimum absolute atomic E-state index is 0.0366. The summed E-state index contributed by atoms with van der Waals surface area (Å²) in [6.45, 7) is 4.89. The van der Waals surface area contributed by atoms with Gasteiger partial charge in [-0.3, -0.25) is 0 Å². The quantitative estimate of drug-likeness (QED) is 0.104. The summed E-state index contributed by atoms with van der Waals surface area (Å²) in [5, 5.41) is 0. The van der Waals surface area contributed by atoms with E-state index in [1.807, 2.05) is 48.5 Å². The van der Waals surface area contributed by atoms with Crippen LogP contribution in [0.2, 0.25) is 0 Å². The molecule has 0 amide bonds. The molecule has 0 bridgehead atoms. The molecular formula is C45H58N2O2. The van der Waals surface area contributed by atoms with Gasteiger partial charge in [0.1, 0.15) is 23.0 Å². The van der Waals surface area contributed by atoms with Gasteiger partial charge in [-0.05, 0) is 146 Å². The lowest BCUT2D eigenvalue weighted by Gasteiger charge is -2.45. The fourth-order valence-corrected chi connectivity index (χ4v) is 8.85. The fourth-order valence-electron chi connectivity index (χ4n) is 8.85. The number of ether oxygens (including phenoxy) is 2. The van der Waals surface area contributed by atoms with E-state index in [2.05, 4.69) is 62.4 Å². The summed E-state index contributed by atoms with van der Waals surface area (Å²) in [4.78, 5) is 0. The Morgan fingerprint density at radius 3 is 1.41 bits per heavy atom. The molecule has 0 saturated heterocycles. The highest BCUT2D eigenvalue weighted by Crippen LogP contribution is 2.51. The van der Waals surface area contributed by atoms with Gasteiger partial charge in [0.25, 0.3) is 0 Å². The van der Waals surface area contributed by atoms with Crippen LogP contribution in [0, 0.1) is 23.7 Å². The summed E-state index contributed by atoms with van der Waals surface area (Å²) >= 11 is 0. The molecule has 2 aliphatic rings. The molecule has 6 rings (SSSR count). The third-order valence-corrected chi connectivity index (χ3v) is 12.0. The first-order chi connectivity index (χ1) is 23.9. The van der Waals surface area contributed by atoms with Crippen molar-refractivity contribution < 1.29 is 9.47 Å². The van der Waals surface area contributed by atoms with E-state index in [1.54, 1.807) is 0 Å². The number of rotatable bonds is 14. The van der Waals surface area contributed by atoms with Crippen LogP contribution in [-0.2, 0) is 5.41 Å². The molecule has 4 nitrogen and oxygen atoms in total. The lowest BCUT2D eigenvalue weighted by Crippen LogP contribution is -2.36. The van der Waals surface area contributed by atoms with Gasteiger partial charge in [0.05, 0.1) is 0 Å². The molecule has 1 atom stereocenters. The normalized spacial score (nSPS) is 20.0. The molecule has 4 N–H and O–H groups in total. The Labute approximate surface area is 295 Å². The zero-order chi connectivity index (χ0) is 34.1. The van der Waals surface area contributed by atoms with Crippen molar-refractivity contribution >= 4 is 11.4 Å². The van der Waals surface area contributed by atoms with Crippen LogP contribution in [-0.4, -0.2) is 0 Å². The molecule has 49 heavy (non-hydrogen) atoms. The first-order valence-corrected chi connectivity index (χ1v) is 19.2. The smallest absolute Gasteiger partial charge is 0.127 e. The average Bonchev–Trinajstić information content (AvgIpc) is 3.14. The molecule has 260 valence electrons. The zero-order valence-corrected chi connectivity index (χ0v) is 29.9. The third kappa shape index (κ3) is 9.01. The number of nitrogen functional groups attached to an aromatic ring is 2. The molecule has 0 aliphatic heterocycles. The van der Waals surface area contributed by atoms with E-state index >= 15 is 0 Å². The van der Waals surface area contributed by atoms with Gasteiger partial charge in [-0.2, -0.15) is 0 Å². The number of nitrogens with two attached hydrogens (primary N) is 2. The lowest BCUT2D eigenvalue weighted by atomic mass is 9.59. The Bertz CT molecular complexity index is 1450. The van der Waals surface area contributed by atoms with Crippen molar-refractivity contribution in [3.63, 3.8) is 0 Å². The van der Waals surface area contributed by atoms with Crippen molar-refractivity contribution in [2.24, 2.45) is 23.7 Å². The fraction of sp³-hybridized carbons (Fsp3) is 0.467. The lowest BCUT2D eigenvalue weighted by molar-refractivity contribution is 0.120. The molecule has 0 radical (unpaired) electrons. The monoisotopic (exact) mass is 658 g/mol. The Hall–Kier alpha value is -3.92. The standard InChI is InChI=1S/C45H58N2O2/c1-3-4-5-6-7-8-34-9-11-35(12-10-34)33(2)36-29-31-45(32-30-36,37-13-21-41(22-14-37)48-43-25-17-39(46)18-26-43)38-15-23-42(24-16-38)49-44-27-19-40(47)20-28-44/h13-28,33-36H,3-12,29-32,46-47H2,1-2H3. The average molecular weight is 659 g/mol. The first kappa shape index (κ1) is 34.9. The summed E-state index contributed by atoms with van der Waals surface area (Å²) in [5.41, 5.74) is 15.9. The summed E-state index contributed by atoms with van der Waals surface area (Å²) in [7, 11) is 0. The van der Waals surface area contributed by atoms with Crippen molar-refractivity contribution in [3.8, 4) is 23.0 Å². The molecule has 0 heterocycles. The van der Waals surface area contributed by atoms with Crippen LogP contribution in [0.4, 0.5) is 11.4 Å². The SMILES string of the molecule is CCCCCCCC1CCC(C(C)C2CCC(c3ccc(Oc4ccc(N)cc4)cc3)(c3ccc(Oc4ccc(N)cc4)cc3)CC2)CC1. The minimum atomic E-state index is -0.0366. The Kier molecular flexibility index (Phi) is 11.9. The van der Waals surface area contributed by atoms with Crippen LogP contribution in [0.5, 0.6) is 23.0 Å². The second-order valence-electron chi connectivity index (χ2n) is 15.2. The molecule has 1 unspecified atom stereocenters. The van der Waals surface area contributed by atoms with Gasteiger partial charge in [-0.15, -0.1) is 0 Å². The number of anilines is 2. The second kappa shape index (κ2) is 16.7. The van der Waals surface area contributed by atoms with Crippen LogP contribution in [0.1, 0.15) is 115 Å². The van der Waals surface area contributed by atoms with E-state index in [-0.39, 0.29) is 5.41 Å². The summed E-state index contributed by atoms with van der Waals surface area (Å²) in [6, 6.07) is 32.8. The highest BCUT2D eigenvalue weighted by molar-refractivity contribution is 5.47. The molecular weight excluding hydrogens is 601 g/mol. The molecule has 2 saturated carbocycles. The van der Waals surface area contributed by atoms with E-state index < -0.39 is 0 Å². The first-order valence-electron chi connectivity index (χ1n) is 19.2. The molecule has 4 heteroatoms. The summed E-state index contributed by atoms with van der Waals surface area (Å²) < 4.78 is 12.3. The van der Waals surface area contributed by atoms with Gasteiger partial charge in [0.2, 0.25) is 0 Å². The van der Waals surface area contributed by atoms with Gasteiger partial charge < -0.3 is 20.9 Å². The molecule has 0 aromatic heterocycles. The summed E-state index contributed by atoms with van der Waals surface area (Å²) in [5.74, 6) is 6.74. The van der Waals surface area contributed by atoms with Gasteiger partial charge in [-0.1, -0.05) is 89.5 Å². The van der Waals surface area contributed by atoms with Crippen LogP contribution in [0.3, 0.4) is 0 Å². The highest BCUT2D eigenvalue weighted by Gasteiger charge is 2.41. The van der Waals surface area contributed by atoms with Gasteiger partial charge in [0.15, 0.2) is 0 Å². The molecule has 0 spiro atoms. The van der Waals surface area contributed by atoms with Gasteiger partial charge in [0, 0.05) is 16.8 Å². The predicted molar refractivity (Wildman–Crippen MR) is 205 cm³/mol. The molecule has 4 aromatic rings. The van der Waals surface area contributed by atoms with E-state index in [9.17, 15) is 0 Å². The van der Waals surface area contributed by atoms with Gasteiger partial charge >= 0.3 is 0 Å². The van der Waals surface area contributed by atoms with Crippen molar-refractivity contribution in [2.45, 2.75) is 109 Å². The van der Waals surface area contributed by atoms with Crippen LogP contribution >= 0.6 is 0 Å². The number of unbranched alkanes of at least 4 members (excludes halogenated alkanes) is 4. The van der Waals surface area contributed by atoms with Crippen molar-refractivity contribution in [1.82, 2.24) is 0 Å². The highest BCUT2D eigenvalue weighted by atomic mass is 16.5. The Morgan fingerprint density at radius 1 is 0.551 bits per heavy atom. The minimum Gasteiger partial charge on any atom is -0.457 e. The van der Waals surface area contributed by atoms with Gasteiger partial charge in [-0.25, -0.2) is 0 Å². The van der Waals surface area contributed by atoms with Crippen LogP contribution < -0.4 is 20.9 Å². The van der Waals surface area contributed by atoms with E-state index in [1.165, 1.54) is 88.2 Å². The molecule has 2 aliphatic carbocycles. The summed E-state index contributed by atoms with van der Waals surface area (Å²) in [6.07, 6.45) is 19.1.